The molecule has 4 heteroatoms. The molecule has 108 valence electrons. The van der Waals surface area contributed by atoms with Crippen molar-refractivity contribution in [3.8, 4) is 0 Å². The summed E-state index contributed by atoms with van der Waals surface area (Å²) in [7, 11) is 1.98. The van der Waals surface area contributed by atoms with Crippen LogP contribution in [0.5, 0.6) is 0 Å². The van der Waals surface area contributed by atoms with Crippen LogP contribution in [0.2, 0.25) is 0 Å². The number of benzene rings is 1. The second-order valence-corrected chi connectivity index (χ2v) is 4.98. The first kappa shape index (κ1) is 14.7. The van der Waals surface area contributed by atoms with E-state index in [0.29, 0.717) is 0 Å². The minimum Gasteiger partial charge on any atom is -0.319 e. The summed E-state index contributed by atoms with van der Waals surface area (Å²) < 4.78 is 2.03. The van der Waals surface area contributed by atoms with Crippen LogP contribution in [0.3, 0.4) is 0 Å². The van der Waals surface area contributed by atoms with Gasteiger partial charge in [0.2, 0.25) is 0 Å². The number of aryl methyl sites for hydroxylation is 2. The summed E-state index contributed by atoms with van der Waals surface area (Å²) in [4.78, 5) is 4.54. The molecule has 0 spiro atoms. The van der Waals surface area contributed by atoms with E-state index in [4.69, 9.17) is 0 Å². The molecular weight excluding hydrogens is 248 g/mol. The Morgan fingerprint density at radius 3 is 2.35 bits per heavy atom. The second-order valence-electron chi connectivity index (χ2n) is 4.98. The Labute approximate surface area is 121 Å². The molecule has 0 atom stereocenters. The minimum absolute atomic E-state index is 0.808. The normalized spacial score (nSPS) is 10.9. The molecule has 1 N–H and O–H groups in total. The number of hydrogen-bond acceptors (Lipinski definition) is 3. The van der Waals surface area contributed by atoms with Crippen LogP contribution in [-0.4, -0.2) is 28.4 Å². The Morgan fingerprint density at radius 1 is 1.05 bits per heavy atom. The number of nitrogens with zero attached hydrogens (tertiary/aromatic N) is 3. The van der Waals surface area contributed by atoms with E-state index in [1.165, 1.54) is 11.1 Å². The predicted octanol–water partition coefficient (Wildman–Crippen LogP) is 2.21. The molecule has 0 fully saturated rings. The fourth-order valence-electron chi connectivity index (χ4n) is 2.22. The Kier molecular flexibility index (Phi) is 5.30. The summed E-state index contributed by atoms with van der Waals surface area (Å²) in [5, 5.41) is 7.73. The van der Waals surface area contributed by atoms with E-state index in [2.05, 4.69) is 53.5 Å². The van der Waals surface area contributed by atoms with Gasteiger partial charge in [0.25, 0.3) is 0 Å². The minimum atomic E-state index is 0.808. The van der Waals surface area contributed by atoms with Crippen LogP contribution >= 0.6 is 0 Å². The van der Waals surface area contributed by atoms with Crippen molar-refractivity contribution >= 4 is 0 Å². The third-order valence-electron chi connectivity index (χ3n) is 3.44. The molecule has 0 aliphatic carbocycles. The lowest BCUT2D eigenvalue weighted by Gasteiger charge is -2.06. The Hall–Kier alpha value is -1.68. The molecule has 2 aromatic rings. The third-order valence-corrected chi connectivity index (χ3v) is 3.44. The number of aromatic nitrogens is 3. The molecule has 0 amide bonds. The Morgan fingerprint density at radius 2 is 1.75 bits per heavy atom. The van der Waals surface area contributed by atoms with E-state index in [1.54, 1.807) is 0 Å². The van der Waals surface area contributed by atoms with E-state index in [9.17, 15) is 0 Å². The molecule has 0 aliphatic rings. The van der Waals surface area contributed by atoms with Gasteiger partial charge in [-0.2, -0.15) is 5.10 Å². The molecule has 1 aromatic heterocycles. The molecule has 0 aliphatic heterocycles. The first-order valence-electron chi connectivity index (χ1n) is 7.41. The zero-order valence-corrected chi connectivity index (χ0v) is 12.7. The van der Waals surface area contributed by atoms with Gasteiger partial charge in [-0.15, -0.1) is 0 Å². The van der Waals surface area contributed by atoms with Gasteiger partial charge in [-0.1, -0.05) is 38.1 Å². The maximum absolute atomic E-state index is 4.56. The highest BCUT2D eigenvalue weighted by Crippen LogP contribution is 2.09. The van der Waals surface area contributed by atoms with Gasteiger partial charge in [0.05, 0.1) is 6.54 Å². The lowest BCUT2D eigenvalue weighted by Crippen LogP contribution is -2.10. The van der Waals surface area contributed by atoms with Gasteiger partial charge in [-0.3, -0.25) is 0 Å². The number of rotatable bonds is 7. The summed E-state index contributed by atoms with van der Waals surface area (Å²) in [6.07, 6.45) is 2.89. The van der Waals surface area contributed by atoms with Crippen LogP contribution in [-0.2, 0) is 25.8 Å². The van der Waals surface area contributed by atoms with Crippen LogP contribution in [0, 0.1) is 0 Å². The predicted molar refractivity (Wildman–Crippen MR) is 82.0 cm³/mol. The van der Waals surface area contributed by atoms with Gasteiger partial charge in [-0.25, -0.2) is 9.67 Å². The summed E-state index contributed by atoms with van der Waals surface area (Å²) >= 11 is 0. The Bertz CT molecular complexity index is 528. The molecule has 1 aromatic carbocycles. The van der Waals surface area contributed by atoms with Crippen molar-refractivity contribution in [3.63, 3.8) is 0 Å². The third kappa shape index (κ3) is 3.67. The van der Waals surface area contributed by atoms with Gasteiger partial charge in [0.15, 0.2) is 5.82 Å². The number of likely N-dealkylation sites (N-methyl/N-ethyl adjacent to an activating group) is 1. The molecule has 0 saturated heterocycles. The largest absolute Gasteiger partial charge is 0.319 e. The maximum Gasteiger partial charge on any atom is 0.150 e. The Balaban J connectivity index is 2.07. The first-order valence-corrected chi connectivity index (χ1v) is 7.41. The topological polar surface area (TPSA) is 42.7 Å². The van der Waals surface area contributed by atoms with E-state index in [0.717, 1.165) is 44.0 Å². The fourth-order valence-corrected chi connectivity index (χ4v) is 2.22. The number of hydrogen-bond donors (Lipinski definition) is 1. The molecule has 20 heavy (non-hydrogen) atoms. The van der Waals surface area contributed by atoms with Crippen molar-refractivity contribution in [3.05, 3.63) is 47.0 Å². The summed E-state index contributed by atoms with van der Waals surface area (Å²) in [5.74, 6) is 2.01. The summed E-state index contributed by atoms with van der Waals surface area (Å²) in [6, 6.07) is 8.79. The lowest BCUT2D eigenvalue weighted by atomic mass is 10.1. The van der Waals surface area contributed by atoms with Crippen molar-refractivity contribution in [2.24, 2.45) is 0 Å². The standard InChI is InChI=1S/C16H24N4/c1-4-15-18-16(5-2)20(19-15)12-14-8-6-13(7-9-14)10-11-17-3/h6-9,17H,4-5,10-12H2,1-3H3. The van der Waals surface area contributed by atoms with Crippen molar-refractivity contribution in [2.45, 2.75) is 39.7 Å². The van der Waals surface area contributed by atoms with Gasteiger partial charge in [0.1, 0.15) is 5.82 Å². The van der Waals surface area contributed by atoms with E-state index in [1.807, 2.05) is 11.7 Å². The van der Waals surface area contributed by atoms with Crippen LogP contribution < -0.4 is 5.32 Å². The highest BCUT2D eigenvalue weighted by molar-refractivity contribution is 5.23. The quantitative estimate of drug-likeness (QED) is 0.840. The van der Waals surface area contributed by atoms with Crippen molar-refractivity contribution in [1.82, 2.24) is 20.1 Å². The summed E-state index contributed by atoms with van der Waals surface area (Å²) in [5.41, 5.74) is 2.65. The first-order chi connectivity index (χ1) is 9.76. The second kappa shape index (κ2) is 7.20. The monoisotopic (exact) mass is 272 g/mol. The molecule has 0 saturated carbocycles. The molecule has 0 bridgehead atoms. The van der Waals surface area contributed by atoms with Crippen molar-refractivity contribution in [2.75, 3.05) is 13.6 Å². The average molecular weight is 272 g/mol. The van der Waals surface area contributed by atoms with Crippen LogP contribution in [0.1, 0.15) is 36.6 Å². The van der Waals surface area contributed by atoms with Crippen molar-refractivity contribution in [1.29, 1.82) is 0 Å². The van der Waals surface area contributed by atoms with E-state index in [-0.39, 0.29) is 0 Å². The molecular formula is C16H24N4. The van der Waals surface area contributed by atoms with Crippen molar-refractivity contribution < 1.29 is 0 Å². The van der Waals surface area contributed by atoms with Gasteiger partial charge >= 0.3 is 0 Å². The molecule has 0 radical (unpaired) electrons. The van der Waals surface area contributed by atoms with Crippen LogP contribution in [0.4, 0.5) is 0 Å². The van der Waals surface area contributed by atoms with Gasteiger partial charge in [0, 0.05) is 12.8 Å². The zero-order chi connectivity index (χ0) is 14.4. The molecule has 4 nitrogen and oxygen atoms in total. The average Bonchev–Trinajstić information content (AvgIpc) is 2.88. The lowest BCUT2D eigenvalue weighted by molar-refractivity contribution is 0.637. The molecule has 2 rings (SSSR count). The zero-order valence-electron chi connectivity index (χ0n) is 12.7. The fraction of sp³-hybridized carbons (Fsp3) is 0.500. The summed E-state index contributed by atoms with van der Waals surface area (Å²) in [6.45, 7) is 6.04. The molecule has 0 unspecified atom stereocenters. The van der Waals surface area contributed by atoms with Crippen LogP contribution in [0.15, 0.2) is 24.3 Å². The highest BCUT2D eigenvalue weighted by Gasteiger charge is 2.07. The van der Waals surface area contributed by atoms with Gasteiger partial charge < -0.3 is 5.32 Å². The smallest absolute Gasteiger partial charge is 0.150 e. The number of nitrogens with one attached hydrogen (secondary N) is 1. The van der Waals surface area contributed by atoms with Gasteiger partial charge in [-0.05, 0) is 31.1 Å². The van der Waals surface area contributed by atoms with E-state index >= 15 is 0 Å². The maximum atomic E-state index is 4.56. The van der Waals surface area contributed by atoms with E-state index < -0.39 is 0 Å². The molecule has 1 heterocycles. The SMILES string of the molecule is CCc1nc(CC)n(Cc2ccc(CCNC)cc2)n1. The highest BCUT2D eigenvalue weighted by atomic mass is 15.3. The van der Waals surface area contributed by atoms with Crippen LogP contribution in [0.25, 0.3) is 0 Å².